The average molecular weight is 621 g/mol. The summed E-state index contributed by atoms with van der Waals surface area (Å²) >= 11 is 12.5. The highest BCUT2D eigenvalue weighted by atomic mass is 35.5. The van der Waals surface area contributed by atoms with E-state index in [-0.39, 0.29) is 35.7 Å². The maximum atomic E-state index is 14.1. The van der Waals surface area contributed by atoms with Crippen LogP contribution in [0.25, 0.3) is 0 Å². The Bertz CT molecular complexity index is 1450. The highest BCUT2D eigenvalue weighted by molar-refractivity contribution is 7.92. The lowest BCUT2D eigenvalue weighted by atomic mass is 10.1. The Morgan fingerprint density at radius 1 is 0.951 bits per heavy atom. The molecule has 41 heavy (non-hydrogen) atoms. The molecule has 0 heterocycles. The number of ether oxygens (including phenoxy) is 1. The van der Waals surface area contributed by atoms with Crippen LogP contribution in [0.3, 0.4) is 0 Å². The van der Waals surface area contributed by atoms with Crippen molar-refractivity contribution in [3.63, 3.8) is 0 Å². The summed E-state index contributed by atoms with van der Waals surface area (Å²) in [7, 11) is -4.22. The number of rotatable bonds is 13. The number of carbonyl (C=O) groups excluding carboxylic acids is 2. The topological polar surface area (TPSA) is 96.0 Å². The Kier molecular flexibility index (Phi) is 11.5. The van der Waals surface area contributed by atoms with Gasteiger partial charge in [0.15, 0.2) is 0 Å². The van der Waals surface area contributed by atoms with Crippen LogP contribution in [-0.2, 0) is 26.2 Å². The van der Waals surface area contributed by atoms with Crippen LogP contribution < -0.4 is 14.4 Å². The minimum absolute atomic E-state index is 0.00830. The fourth-order valence-electron chi connectivity index (χ4n) is 4.06. The number of hydrogen-bond acceptors (Lipinski definition) is 5. The quantitative estimate of drug-likeness (QED) is 0.256. The molecule has 2 atom stereocenters. The third-order valence-electron chi connectivity index (χ3n) is 6.57. The van der Waals surface area contributed by atoms with Crippen molar-refractivity contribution in [2.45, 2.75) is 57.6 Å². The highest BCUT2D eigenvalue weighted by Crippen LogP contribution is 2.33. The lowest BCUT2D eigenvalue weighted by Gasteiger charge is -2.33. The van der Waals surface area contributed by atoms with Gasteiger partial charge in [-0.2, -0.15) is 0 Å². The van der Waals surface area contributed by atoms with E-state index in [2.05, 4.69) is 5.32 Å². The summed E-state index contributed by atoms with van der Waals surface area (Å²) in [5, 5.41) is 3.65. The number of sulfonamides is 1. The van der Waals surface area contributed by atoms with Crippen LogP contribution in [0.15, 0.2) is 77.7 Å². The van der Waals surface area contributed by atoms with Crippen molar-refractivity contribution in [2.75, 3.05) is 17.5 Å². The van der Waals surface area contributed by atoms with E-state index < -0.39 is 28.5 Å². The smallest absolute Gasteiger partial charge is 0.264 e. The highest BCUT2D eigenvalue weighted by Gasteiger charge is 2.34. The monoisotopic (exact) mass is 619 g/mol. The zero-order chi connectivity index (χ0) is 30.2. The molecule has 0 unspecified atom stereocenters. The van der Waals surface area contributed by atoms with Crippen LogP contribution in [0.1, 0.15) is 39.7 Å². The van der Waals surface area contributed by atoms with E-state index in [1.807, 2.05) is 13.8 Å². The normalized spacial score (nSPS) is 12.7. The number of halogens is 2. The Hall–Kier alpha value is -3.27. The molecule has 0 aliphatic carbocycles. The van der Waals surface area contributed by atoms with Gasteiger partial charge in [0.1, 0.15) is 18.3 Å². The molecule has 1 N–H and O–H groups in total. The fourth-order valence-corrected chi connectivity index (χ4v) is 5.97. The number of para-hydroxylation sites is 2. The van der Waals surface area contributed by atoms with Gasteiger partial charge in [0.05, 0.1) is 17.2 Å². The molecule has 3 aromatic rings. The molecule has 0 saturated carbocycles. The number of nitrogens with one attached hydrogen (secondary N) is 1. The lowest BCUT2D eigenvalue weighted by Crippen LogP contribution is -2.52. The van der Waals surface area contributed by atoms with Crippen molar-refractivity contribution in [2.24, 2.45) is 0 Å². The van der Waals surface area contributed by atoms with Gasteiger partial charge in [0, 0.05) is 22.6 Å². The van der Waals surface area contributed by atoms with Crippen molar-refractivity contribution in [1.82, 2.24) is 10.2 Å². The molecule has 3 rings (SSSR count). The summed E-state index contributed by atoms with van der Waals surface area (Å²) in [5.41, 5.74) is 0.757. The number of anilines is 1. The van der Waals surface area contributed by atoms with Gasteiger partial charge in [0.25, 0.3) is 10.0 Å². The number of nitrogens with zero attached hydrogens (tertiary/aromatic N) is 2. The van der Waals surface area contributed by atoms with E-state index in [0.29, 0.717) is 27.8 Å². The lowest BCUT2D eigenvalue weighted by molar-refractivity contribution is -0.139. The van der Waals surface area contributed by atoms with Gasteiger partial charge in [-0.3, -0.25) is 13.9 Å². The Labute approximate surface area is 252 Å². The Balaban J connectivity index is 2.08. The first-order valence-electron chi connectivity index (χ1n) is 13.3. The van der Waals surface area contributed by atoms with Crippen LogP contribution >= 0.6 is 23.2 Å². The van der Waals surface area contributed by atoms with Crippen LogP contribution in [0.5, 0.6) is 5.75 Å². The molecule has 0 fully saturated rings. The van der Waals surface area contributed by atoms with Gasteiger partial charge in [-0.25, -0.2) is 8.42 Å². The zero-order valence-electron chi connectivity index (χ0n) is 23.5. The molecule has 2 amide bonds. The first-order valence-corrected chi connectivity index (χ1v) is 15.5. The molecule has 3 aromatic carbocycles. The summed E-state index contributed by atoms with van der Waals surface area (Å²) in [6, 6.07) is 18.3. The third kappa shape index (κ3) is 8.15. The molecule has 11 heteroatoms. The number of benzene rings is 3. The molecular formula is C30H35Cl2N3O5S. The number of carbonyl (C=O) groups is 2. The van der Waals surface area contributed by atoms with Gasteiger partial charge in [-0.15, -0.1) is 0 Å². The second-order valence-electron chi connectivity index (χ2n) is 9.48. The molecule has 0 radical (unpaired) electrons. The van der Waals surface area contributed by atoms with E-state index in [9.17, 15) is 18.0 Å². The van der Waals surface area contributed by atoms with Crippen LogP contribution in [0.4, 0.5) is 5.69 Å². The largest absolute Gasteiger partial charge is 0.492 e. The van der Waals surface area contributed by atoms with Crippen molar-refractivity contribution >= 4 is 50.7 Å². The Morgan fingerprint density at radius 2 is 1.61 bits per heavy atom. The molecule has 0 aromatic heterocycles. The van der Waals surface area contributed by atoms with Crippen LogP contribution in [0, 0.1) is 0 Å². The molecule has 0 aliphatic rings. The van der Waals surface area contributed by atoms with Crippen molar-refractivity contribution in [3.8, 4) is 5.75 Å². The van der Waals surface area contributed by atoms with Gasteiger partial charge >= 0.3 is 0 Å². The van der Waals surface area contributed by atoms with Crippen molar-refractivity contribution in [1.29, 1.82) is 0 Å². The first kappa shape index (κ1) is 32.2. The maximum Gasteiger partial charge on any atom is 0.264 e. The summed E-state index contributed by atoms with van der Waals surface area (Å²) in [6.45, 7) is 6.85. The van der Waals surface area contributed by atoms with E-state index in [1.165, 1.54) is 17.0 Å². The molecule has 0 saturated heterocycles. The fraction of sp³-hybridized carbons (Fsp3) is 0.333. The molecule has 0 bridgehead atoms. The summed E-state index contributed by atoms with van der Waals surface area (Å²) in [6.07, 6.45) is 0.701. The predicted octanol–water partition coefficient (Wildman–Crippen LogP) is 5.92. The second-order valence-corrected chi connectivity index (χ2v) is 12.2. The zero-order valence-corrected chi connectivity index (χ0v) is 25.8. The summed E-state index contributed by atoms with van der Waals surface area (Å²) < 4.78 is 34.7. The van der Waals surface area contributed by atoms with Gasteiger partial charge in [-0.05, 0) is 69.2 Å². The van der Waals surface area contributed by atoms with Gasteiger partial charge in [0.2, 0.25) is 11.8 Å². The van der Waals surface area contributed by atoms with E-state index >= 15 is 0 Å². The van der Waals surface area contributed by atoms with Crippen molar-refractivity contribution in [3.05, 3.63) is 88.4 Å². The number of hydrogen-bond donors (Lipinski definition) is 1. The van der Waals surface area contributed by atoms with E-state index in [1.54, 1.807) is 74.5 Å². The maximum absolute atomic E-state index is 14.1. The molecular weight excluding hydrogens is 585 g/mol. The van der Waals surface area contributed by atoms with Gasteiger partial charge < -0.3 is 15.0 Å². The third-order valence-corrected chi connectivity index (χ3v) is 8.93. The molecule has 0 aliphatic heterocycles. The molecule has 220 valence electrons. The average Bonchev–Trinajstić information content (AvgIpc) is 2.96. The minimum Gasteiger partial charge on any atom is -0.492 e. The SMILES string of the molecule is CCOc1ccccc1N(CC(=O)N(Cc1ccc(Cl)cc1Cl)[C@H](C)C(=O)N[C@@H](C)CC)S(=O)(=O)c1ccccc1. The van der Waals surface area contributed by atoms with Crippen LogP contribution in [-0.4, -0.2) is 50.4 Å². The molecule has 8 nitrogen and oxygen atoms in total. The summed E-state index contributed by atoms with van der Waals surface area (Å²) in [5.74, 6) is -0.671. The van der Waals surface area contributed by atoms with Crippen LogP contribution in [0.2, 0.25) is 10.0 Å². The first-order chi connectivity index (χ1) is 19.5. The Morgan fingerprint density at radius 3 is 2.24 bits per heavy atom. The van der Waals surface area contributed by atoms with E-state index in [4.69, 9.17) is 27.9 Å². The summed E-state index contributed by atoms with van der Waals surface area (Å²) in [4.78, 5) is 28.6. The van der Waals surface area contributed by atoms with Gasteiger partial charge in [-0.1, -0.05) is 66.5 Å². The molecule has 0 spiro atoms. The second kappa shape index (κ2) is 14.6. The minimum atomic E-state index is -4.22. The van der Waals surface area contributed by atoms with Crippen molar-refractivity contribution < 1.29 is 22.7 Å². The standard InChI is InChI=1S/C30H35Cl2N3O5S/c1-5-21(3)33-30(37)22(4)34(19-23-16-17-24(31)18-26(23)32)29(36)20-35(27-14-10-11-15-28(27)40-6-2)41(38,39)25-12-8-7-9-13-25/h7-18,21-22H,5-6,19-20H2,1-4H3,(H,33,37)/t21-,22+/m0/s1. The predicted molar refractivity (Wildman–Crippen MR) is 163 cm³/mol. The number of amides is 2. The van der Waals surface area contributed by atoms with E-state index in [0.717, 1.165) is 4.31 Å².